The molecule has 25 heavy (non-hydrogen) atoms. The van der Waals surface area contributed by atoms with E-state index in [9.17, 15) is 4.79 Å². The van der Waals surface area contributed by atoms with Crippen LogP contribution < -0.4 is 0 Å². The van der Waals surface area contributed by atoms with E-state index in [-0.39, 0.29) is 12.2 Å². The average molecular weight is 335 g/mol. The van der Waals surface area contributed by atoms with Crippen molar-refractivity contribution in [3.05, 3.63) is 90.5 Å². The Morgan fingerprint density at radius 1 is 1.08 bits per heavy atom. The lowest BCUT2D eigenvalue weighted by Gasteiger charge is -2.26. The number of hydrogen-bond acceptors (Lipinski definition) is 3. The molecule has 1 fully saturated rings. The van der Waals surface area contributed by atoms with Crippen molar-refractivity contribution in [2.75, 3.05) is 13.2 Å². The Balaban J connectivity index is 1.82. The van der Waals surface area contributed by atoms with Crippen LogP contribution in [0.15, 0.2) is 79.4 Å². The van der Waals surface area contributed by atoms with E-state index in [1.54, 1.807) is 11.0 Å². The lowest BCUT2D eigenvalue weighted by molar-refractivity contribution is -0.0317. The highest BCUT2D eigenvalue weighted by Crippen LogP contribution is 2.24. The smallest absolute Gasteiger partial charge is 0.412 e. The SMILES string of the molecule is C=CC(OC(/C=C/c1ccccc1)c1ccccc1)N1CCOC1=O. The number of carbonyl (C=O) groups is 1. The van der Waals surface area contributed by atoms with Crippen LogP contribution in [-0.4, -0.2) is 30.4 Å². The number of carbonyl (C=O) groups excluding carboxylic acids is 1. The molecule has 0 aromatic heterocycles. The van der Waals surface area contributed by atoms with E-state index in [0.717, 1.165) is 11.1 Å². The van der Waals surface area contributed by atoms with Gasteiger partial charge in [-0.25, -0.2) is 4.79 Å². The highest BCUT2D eigenvalue weighted by Gasteiger charge is 2.30. The molecule has 4 heteroatoms. The molecule has 128 valence electrons. The van der Waals surface area contributed by atoms with Crippen LogP contribution in [0, 0.1) is 0 Å². The minimum atomic E-state index is -0.541. The van der Waals surface area contributed by atoms with Gasteiger partial charge in [0.2, 0.25) is 0 Å². The molecule has 1 amide bonds. The lowest BCUT2D eigenvalue weighted by atomic mass is 10.1. The first-order valence-electron chi connectivity index (χ1n) is 8.27. The molecule has 1 aliphatic rings. The van der Waals surface area contributed by atoms with Crippen molar-refractivity contribution in [2.24, 2.45) is 0 Å². The Morgan fingerprint density at radius 2 is 1.76 bits per heavy atom. The first-order chi connectivity index (χ1) is 12.3. The topological polar surface area (TPSA) is 38.8 Å². The fourth-order valence-corrected chi connectivity index (χ4v) is 2.68. The monoisotopic (exact) mass is 335 g/mol. The number of cyclic esters (lactones) is 1. The van der Waals surface area contributed by atoms with Crippen LogP contribution in [0.5, 0.6) is 0 Å². The van der Waals surface area contributed by atoms with E-state index in [1.807, 2.05) is 72.8 Å². The number of rotatable bonds is 7. The third kappa shape index (κ3) is 4.37. The molecule has 0 saturated carbocycles. The van der Waals surface area contributed by atoms with Crippen molar-refractivity contribution >= 4 is 12.2 Å². The molecule has 1 saturated heterocycles. The number of amides is 1. The van der Waals surface area contributed by atoms with E-state index in [2.05, 4.69) is 6.58 Å². The van der Waals surface area contributed by atoms with Gasteiger partial charge < -0.3 is 9.47 Å². The summed E-state index contributed by atoms with van der Waals surface area (Å²) in [5.74, 6) is 0. The third-order valence-corrected chi connectivity index (χ3v) is 3.98. The zero-order valence-corrected chi connectivity index (χ0v) is 14.0. The molecule has 2 aromatic carbocycles. The van der Waals surface area contributed by atoms with Gasteiger partial charge in [0.15, 0.2) is 6.23 Å². The predicted octanol–water partition coefficient (Wildman–Crippen LogP) is 4.42. The van der Waals surface area contributed by atoms with Crippen LogP contribution in [0.4, 0.5) is 4.79 Å². The van der Waals surface area contributed by atoms with Gasteiger partial charge in [-0.3, -0.25) is 4.90 Å². The van der Waals surface area contributed by atoms with Crippen LogP contribution in [0.3, 0.4) is 0 Å². The quantitative estimate of drug-likeness (QED) is 0.703. The molecule has 0 N–H and O–H groups in total. The van der Waals surface area contributed by atoms with Crippen LogP contribution in [0.1, 0.15) is 17.2 Å². The molecule has 2 unspecified atom stereocenters. The van der Waals surface area contributed by atoms with Gasteiger partial charge in [-0.15, -0.1) is 0 Å². The minimum absolute atomic E-state index is 0.308. The van der Waals surface area contributed by atoms with E-state index in [4.69, 9.17) is 9.47 Å². The van der Waals surface area contributed by atoms with Crippen molar-refractivity contribution in [3.63, 3.8) is 0 Å². The van der Waals surface area contributed by atoms with E-state index in [1.165, 1.54) is 0 Å². The fourth-order valence-electron chi connectivity index (χ4n) is 2.68. The zero-order valence-electron chi connectivity index (χ0n) is 14.0. The van der Waals surface area contributed by atoms with Gasteiger partial charge in [0, 0.05) is 0 Å². The summed E-state index contributed by atoms with van der Waals surface area (Å²) in [5.41, 5.74) is 2.09. The summed E-state index contributed by atoms with van der Waals surface area (Å²) in [5, 5.41) is 0. The maximum absolute atomic E-state index is 11.8. The molecule has 4 nitrogen and oxygen atoms in total. The first-order valence-corrected chi connectivity index (χ1v) is 8.27. The van der Waals surface area contributed by atoms with Crippen LogP contribution >= 0.6 is 0 Å². The van der Waals surface area contributed by atoms with Gasteiger partial charge in [0.1, 0.15) is 12.7 Å². The fraction of sp³-hybridized carbons (Fsp3) is 0.190. The Morgan fingerprint density at radius 3 is 2.36 bits per heavy atom. The summed E-state index contributed by atoms with van der Waals surface area (Å²) in [6, 6.07) is 19.9. The van der Waals surface area contributed by atoms with E-state index >= 15 is 0 Å². The zero-order chi connectivity index (χ0) is 17.5. The van der Waals surface area contributed by atoms with Gasteiger partial charge in [-0.05, 0) is 17.2 Å². The Hall–Kier alpha value is -2.85. The highest BCUT2D eigenvalue weighted by molar-refractivity contribution is 5.69. The molecular weight excluding hydrogens is 314 g/mol. The first kappa shape index (κ1) is 17.0. The van der Waals surface area contributed by atoms with Gasteiger partial charge in [-0.2, -0.15) is 0 Å². The average Bonchev–Trinajstić information content (AvgIpc) is 3.09. The number of ether oxygens (including phenoxy) is 2. The van der Waals surface area contributed by atoms with Gasteiger partial charge in [0.05, 0.1) is 6.54 Å². The minimum Gasteiger partial charge on any atom is -0.447 e. The molecule has 2 aromatic rings. The maximum Gasteiger partial charge on any atom is 0.412 e. The summed E-state index contributed by atoms with van der Waals surface area (Å²) in [6.07, 6.45) is 4.41. The largest absolute Gasteiger partial charge is 0.447 e. The Labute approximate surface area is 148 Å². The van der Waals surface area contributed by atoms with Crippen molar-refractivity contribution < 1.29 is 14.3 Å². The van der Waals surface area contributed by atoms with Gasteiger partial charge >= 0.3 is 6.09 Å². The number of benzene rings is 2. The molecule has 0 aliphatic carbocycles. The molecule has 1 aliphatic heterocycles. The van der Waals surface area contributed by atoms with Gasteiger partial charge in [0.25, 0.3) is 0 Å². The second kappa shape index (κ2) is 8.31. The molecule has 2 atom stereocenters. The van der Waals surface area contributed by atoms with E-state index in [0.29, 0.717) is 13.2 Å². The standard InChI is InChI=1S/C21H21NO3/c1-2-20(22-15-16-24-21(22)23)25-19(18-11-7-4-8-12-18)14-13-17-9-5-3-6-10-17/h2-14,19-20H,1,15-16H2/b14-13+. The van der Waals surface area contributed by atoms with E-state index < -0.39 is 6.23 Å². The normalized spacial score (nSPS) is 16.6. The molecule has 0 radical (unpaired) electrons. The number of nitrogens with zero attached hydrogens (tertiary/aromatic N) is 1. The second-order valence-corrected chi connectivity index (χ2v) is 5.67. The Kier molecular flexibility index (Phi) is 5.65. The molecule has 1 heterocycles. The molecule has 3 rings (SSSR count). The number of hydrogen-bond donors (Lipinski definition) is 0. The summed E-state index contributed by atoms with van der Waals surface area (Å²) in [4.78, 5) is 13.4. The lowest BCUT2D eigenvalue weighted by Crippen LogP contribution is -2.37. The van der Waals surface area contributed by atoms with Crippen molar-refractivity contribution in [3.8, 4) is 0 Å². The summed E-state index contributed by atoms with van der Waals surface area (Å²) < 4.78 is 11.2. The van der Waals surface area contributed by atoms with Gasteiger partial charge in [-0.1, -0.05) is 79.4 Å². The summed E-state index contributed by atoms with van der Waals surface area (Å²) >= 11 is 0. The highest BCUT2D eigenvalue weighted by atomic mass is 16.6. The predicted molar refractivity (Wildman–Crippen MR) is 97.8 cm³/mol. The maximum atomic E-state index is 11.8. The van der Waals surface area contributed by atoms with Crippen molar-refractivity contribution in [1.29, 1.82) is 0 Å². The van der Waals surface area contributed by atoms with Crippen LogP contribution in [0.2, 0.25) is 0 Å². The van der Waals surface area contributed by atoms with Crippen molar-refractivity contribution in [2.45, 2.75) is 12.3 Å². The second-order valence-electron chi connectivity index (χ2n) is 5.67. The molecular formula is C21H21NO3. The van der Waals surface area contributed by atoms with Crippen LogP contribution in [0.25, 0.3) is 6.08 Å². The van der Waals surface area contributed by atoms with Crippen LogP contribution in [-0.2, 0) is 9.47 Å². The summed E-state index contributed by atoms with van der Waals surface area (Å²) in [6.45, 7) is 4.68. The summed E-state index contributed by atoms with van der Waals surface area (Å²) in [7, 11) is 0. The molecule has 0 bridgehead atoms. The van der Waals surface area contributed by atoms with Crippen molar-refractivity contribution in [1.82, 2.24) is 4.90 Å². The Bertz CT molecular complexity index is 727. The molecule has 0 spiro atoms. The third-order valence-electron chi connectivity index (χ3n) is 3.98.